The Kier molecular flexibility index (Phi) is 6.07. The summed E-state index contributed by atoms with van der Waals surface area (Å²) < 4.78 is 16.2. The van der Waals surface area contributed by atoms with Gasteiger partial charge in [0.25, 0.3) is 0 Å². The van der Waals surface area contributed by atoms with Crippen LogP contribution in [0.2, 0.25) is 0 Å². The van der Waals surface area contributed by atoms with Crippen LogP contribution in [0.3, 0.4) is 0 Å². The van der Waals surface area contributed by atoms with Crippen molar-refractivity contribution in [1.82, 2.24) is 0 Å². The highest BCUT2D eigenvalue weighted by Crippen LogP contribution is 2.55. The van der Waals surface area contributed by atoms with E-state index in [0.29, 0.717) is 0 Å². The van der Waals surface area contributed by atoms with E-state index in [9.17, 15) is 0 Å². The fourth-order valence-electron chi connectivity index (χ4n) is 9.25. The highest BCUT2D eigenvalue weighted by atomic mass is 32.1. The van der Waals surface area contributed by atoms with Gasteiger partial charge in [-0.3, -0.25) is 0 Å². The lowest BCUT2D eigenvalue weighted by molar-refractivity contribution is 0.638. The van der Waals surface area contributed by atoms with Crippen molar-refractivity contribution in [2.24, 2.45) is 0 Å². The third-order valence-electron chi connectivity index (χ3n) is 11.7. The van der Waals surface area contributed by atoms with Crippen molar-refractivity contribution in [3.8, 4) is 11.1 Å². The maximum Gasteiger partial charge on any atom is 0.159 e. The van der Waals surface area contributed by atoms with Crippen molar-refractivity contribution in [2.75, 3.05) is 4.90 Å². The average Bonchev–Trinajstić information content (AvgIpc) is 3.97. The van der Waals surface area contributed by atoms with E-state index in [1.165, 1.54) is 48.0 Å². The number of thiophene rings is 1. The second-order valence-corrected chi connectivity index (χ2v) is 15.6. The molecule has 0 unspecified atom stereocenters. The Morgan fingerprint density at radius 3 is 1.81 bits per heavy atom. The Morgan fingerprint density at radius 2 is 1.00 bits per heavy atom. The minimum absolute atomic E-state index is 0.390. The predicted octanol–water partition coefficient (Wildman–Crippen LogP) is 14.7. The van der Waals surface area contributed by atoms with Crippen molar-refractivity contribution >= 4 is 92.4 Å². The Morgan fingerprint density at radius 1 is 0.426 bits per heavy atom. The van der Waals surface area contributed by atoms with Crippen LogP contribution < -0.4 is 4.90 Å². The number of furan rings is 2. The molecule has 1 aliphatic carbocycles. The number of fused-ring (bicyclic) bond motifs is 12. The largest absolute Gasteiger partial charge is 0.456 e. The second kappa shape index (κ2) is 11.0. The number of nitrogens with zero attached hydrogens (tertiary/aromatic N) is 1. The molecule has 254 valence electrons. The fourth-order valence-corrected chi connectivity index (χ4v) is 10.4. The molecule has 0 aliphatic heterocycles. The van der Waals surface area contributed by atoms with Gasteiger partial charge in [-0.2, -0.15) is 0 Å². The molecule has 0 radical (unpaired) electrons. The van der Waals surface area contributed by atoms with Crippen LogP contribution in [0.4, 0.5) is 17.1 Å². The molecule has 1 aliphatic rings. The number of benzene rings is 8. The van der Waals surface area contributed by atoms with Gasteiger partial charge in [0.15, 0.2) is 5.58 Å². The zero-order valence-electron chi connectivity index (χ0n) is 29.3. The van der Waals surface area contributed by atoms with Crippen LogP contribution in [0, 0.1) is 0 Å². The molecular formula is C50H31NO2S. The van der Waals surface area contributed by atoms with Gasteiger partial charge < -0.3 is 13.7 Å². The first-order valence-electron chi connectivity index (χ1n) is 18.4. The predicted molar refractivity (Wildman–Crippen MR) is 226 cm³/mol. The summed E-state index contributed by atoms with van der Waals surface area (Å²) in [6, 6.07) is 61.2. The van der Waals surface area contributed by atoms with Crippen molar-refractivity contribution in [2.45, 2.75) is 12.3 Å². The molecule has 3 aromatic heterocycles. The molecule has 11 aromatic rings. The smallest absolute Gasteiger partial charge is 0.159 e. The first-order chi connectivity index (χ1) is 26.6. The van der Waals surface area contributed by atoms with Crippen molar-refractivity contribution in [1.29, 1.82) is 0 Å². The molecule has 0 saturated carbocycles. The third-order valence-corrected chi connectivity index (χ3v) is 12.9. The lowest BCUT2D eigenvalue weighted by Gasteiger charge is -2.28. The SMILES string of the molecule is CC1(c2cccc3c2oc2c(N(c4ccc5c(c4)oc4ccccc45)c4ccc5c(c4)sc4ccccc45)cccc23)c2ccccc2-c2ccccc21. The molecule has 0 fully saturated rings. The lowest BCUT2D eigenvalue weighted by Crippen LogP contribution is -2.22. The Labute approximate surface area is 314 Å². The van der Waals surface area contributed by atoms with Crippen LogP contribution in [0.25, 0.3) is 75.2 Å². The average molecular weight is 710 g/mol. The van der Waals surface area contributed by atoms with Crippen LogP contribution in [0.15, 0.2) is 179 Å². The molecule has 3 heterocycles. The summed E-state index contributed by atoms with van der Waals surface area (Å²) in [5, 5.41) is 6.98. The molecule has 8 aromatic carbocycles. The van der Waals surface area contributed by atoms with Crippen LogP contribution in [0.1, 0.15) is 23.6 Å². The summed E-state index contributed by atoms with van der Waals surface area (Å²) in [6.07, 6.45) is 0. The molecule has 4 heteroatoms. The van der Waals surface area contributed by atoms with Crippen LogP contribution in [-0.4, -0.2) is 0 Å². The summed E-state index contributed by atoms with van der Waals surface area (Å²) in [5.74, 6) is 0. The molecule has 0 atom stereocenters. The summed E-state index contributed by atoms with van der Waals surface area (Å²) in [5.41, 5.74) is 12.5. The first kappa shape index (κ1) is 29.9. The first-order valence-corrected chi connectivity index (χ1v) is 19.2. The molecule has 0 bridgehead atoms. The third kappa shape index (κ3) is 4.01. The monoisotopic (exact) mass is 709 g/mol. The Hall–Kier alpha value is -6.62. The summed E-state index contributed by atoms with van der Waals surface area (Å²) in [4.78, 5) is 2.34. The van der Waals surface area contributed by atoms with Crippen molar-refractivity contribution in [3.05, 3.63) is 187 Å². The van der Waals surface area contributed by atoms with Gasteiger partial charge >= 0.3 is 0 Å². The summed E-state index contributed by atoms with van der Waals surface area (Å²) in [7, 11) is 0. The van der Waals surface area contributed by atoms with Gasteiger partial charge in [-0.05, 0) is 71.6 Å². The lowest BCUT2D eigenvalue weighted by atomic mass is 9.74. The number of hydrogen-bond donors (Lipinski definition) is 0. The highest BCUT2D eigenvalue weighted by molar-refractivity contribution is 7.25. The Balaban J connectivity index is 1.12. The van der Waals surface area contributed by atoms with Gasteiger partial charge in [0.1, 0.15) is 16.7 Å². The minimum Gasteiger partial charge on any atom is -0.456 e. The van der Waals surface area contributed by atoms with E-state index < -0.39 is 0 Å². The molecule has 0 spiro atoms. The number of anilines is 3. The van der Waals surface area contributed by atoms with E-state index in [1.54, 1.807) is 0 Å². The van der Waals surface area contributed by atoms with Gasteiger partial charge in [-0.1, -0.05) is 121 Å². The topological polar surface area (TPSA) is 29.5 Å². The number of hydrogen-bond acceptors (Lipinski definition) is 4. The quantitative estimate of drug-likeness (QED) is 0.182. The molecule has 12 rings (SSSR count). The molecule has 3 nitrogen and oxygen atoms in total. The number of rotatable bonds is 4. The molecule has 0 amide bonds. The second-order valence-electron chi connectivity index (χ2n) is 14.5. The van der Waals surface area contributed by atoms with Crippen molar-refractivity contribution in [3.63, 3.8) is 0 Å². The summed E-state index contributed by atoms with van der Waals surface area (Å²) >= 11 is 1.83. The van der Waals surface area contributed by atoms with E-state index in [4.69, 9.17) is 8.83 Å². The fraction of sp³-hybridized carbons (Fsp3) is 0.0400. The molecule has 54 heavy (non-hydrogen) atoms. The molecule has 0 N–H and O–H groups in total. The Bertz CT molecular complexity index is 3170. The maximum atomic E-state index is 7.25. The molecule has 0 saturated heterocycles. The minimum atomic E-state index is -0.390. The normalized spacial score (nSPS) is 13.4. The van der Waals surface area contributed by atoms with Crippen LogP contribution in [-0.2, 0) is 5.41 Å². The van der Waals surface area contributed by atoms with E-state index in [0.717, 1.165) is 60.9 Å². The standard InChI is InChI=1S/C50H31NO2S/c1-50(40-18-6-2-12-32(40)33-13-3-7-19-41(33)50)42-20-10-16-38-39-17-11-21-43(49(39)53-48(38)42)51(30-24-26-35-34-14-4-8-22-44(34)52-45(35)28-30)31-25-27-37-36-15-5-9-23-46(36)54-47(37)29-31/h2-29H,1H3. The van der Waals surface area contributed by atoms with Gasteiger partial charge in [-0.25, -0.2) is 0 Å². The zero-order valence-corrected chi connectivity index (χ0v) is 30.2. The van der Waals surface area contributed by atoms with Gasteiger partial charge in [-0.15, -0.1) is 11.3 Å². The maximum absolute atomic E-state index is 7.25. The number of para-hydroxylation sites is 3. The van der Waals surface area contributed by atoms with E-state index in [1.807, 2.05) is 23.5 Å². The zero-order chi connectivity index (χ0) is 35.5. The molecular weight excluding hydrogens is 679 g/mol. The van der Waals surface area contributed by atoms with E-state index >= 15 is 0 Å². The van der Waals surface area contributed by atoms with Gasteiger partial charge in [0.2, 0.25) is 0 Å². The van der Waals surface area contributed by atoms with Crippen LogP contribution >= 0.6 is 11.3 Å². The van der Waals surface area contributed by atoms with Gasteiger partial charge in [0.05, 0.1) is 11.4 Å². The van der Waals surface area contributed by atoms with Gasteiger partial charge in [0, 0.05) is 64.4 Å². The van der Waals surface area contributed by atoms with Crippen molar-refractivity contribution < 1.29 is 8.83 Å². The summed E-state index contributed by atoms with van der Waals surface area (Å²) in [6.45, 7) is 2.36. The highest BCUT2D eigenvalue weighted by Gasteiger charge is 2.42. The van der Waals surface area contributed by atoms with E-state index in [2.05, 4.69) is 170 Å². The van der Waals surface area contributed by atoms with E-state index in [-0.39, 0.29) is 5.41 Å². The van der Waals surface area contributed by atoms with Crippen LogP contribution in [0.5, 0.6) is 0 Å².